The van der Waals surface area contributed by atoms with E-state index in [1.165, 1.54) is 0 Å². The molecule has 22 heavy (non-hydrogen) atoms. The second kappa shape index (κ2) is 8.81. The van der Waals surface area contributed by atoms with E-state index in [0.29, 0.717) is 31.0 Å². The van der Waals surface area contributed by atoms with Crippen LogP contribution in [0.5, 0.6) is 0 Å². The third kappa shape index (κ3) is 5.70. The van der Waals surface area contributed by atoms with Gasteiger partial charge < -0.3 is 10.1 Å². The molecular weight excluding hydrogens is 366 g/mol. The molecule has 0 radical (unpaired) electrons. The van der Waals surface area contributed by atoms with E-state index in [4.69, 9.17) is 16.3 Å². The minimum atomic E-state index is -0.399. The van der Waals surface area contributed by atoms with E-state index in [-0.39, 0.29) is 0 Å². The lowest BCUT2D eigenvalue weighted by molar-refractivity contribution is 0.147. The molecule has 0 aliphatic carbocycles. The van der Waals surface area contributed by atoms with Crippen LogP contribution in [0, 0.1) is 0 Å². The summed E-state index contributed by atoms with van der Waals surface area (Å²) in [6, 6.07) is 15.5. The molecule has 5 heteroatoms. The van der Waals surface area contributed by atoms with Gasteiger partial charge in [0.15, 0.2) is 0 Å². The number of amides is 1. The minimum Gasteiger partial charge on any atom is -0.449 e. The highest BCUT2D eigenvalue weighted by atomic mass is 79.9. The van der Waals surface area contributed by atoms with Crippen molar-refractivity contribution in [1.82, 2.24) is 5.32 Å². The Morgan fingerprint density at radius 1 is 1.09 bits per heavy atom. The van der Waals surface area contributed by atoms with Crippen LogP contribution in [0.2, 0.25) is 5.02 Å². The zero-order valence-corrected chi connectivity index (χ0v) is 14.4. The summed E-state index contributed by atoms with van der Waals surface area (Å²) in [5, 5.41) is 3.44. The Kier molecular flexibility index (Phi) is 6.74. The SMILES string of the molecule is O=C(NCCc1ccccc1Cl)OCCc1ccc(Br)cc1. The van der Waals surface area contributed by atoms with Gasteiger partial charge in [0.25, 0.3) is 0 Å². The van der Waals surface area contributed by atoms with Gasteiger partial charge in [-0.1, -0.05) is 57.9 Å². The van der Waals surface area contributed by atoms with Crippen LogP contribution >= 0.6 is 27.5 Å². The van der Waals surface area contributed by atoms with E-state index in [1.807, 2.05) is 48.5 Å². The van der Waals surface area contributed by atoms with Crippen LogP contribution in [0.4, 0.5) is 4.79 Å². The topological polar surface area (TPSA) is 38.3 Å². The van der Waals surface area contributed by atoms with Gasteiger partial charge >= 0.3 is 6.09 Å². The normalized spacial score (nSPS) is 10.3. The van der Waals surface area contributed by atoms with Crippen LogP contribution in [0.15, 0.2) is 53.0 Å². The minimum absolute atomic E-state index is 0.361. The number of carbonyl (C=O) groups excluding carboxylic acids is 1. The number of hydrogen-bond acceptors (Lipinski definition) is 2. The van der Waals surface area contributed by atoms with Gasteiger partial charge in [0.1, 0.15) is 0 Å². The first kappa shape index (κ1) is 16.8. The maximum absolute atomic E-state index is 11.6. The molecule has 0 aliphatic heterocycles. The molecule has 0 saturated carbocycles. The summed E-state index contributed by atoms with van der Waals surface area (Å²) in [7, 11) is 0. The van der Waals surface area contributed by atoms with Crippen molar-refractivity contribution < 1.29 is 9.53 Å². The molecule has 0 fully saturated rings. The van der Waals surface area contributed by atoms with Crippen molar-refractivity contribution in [2.45, 2.75) is 12.8 Å². The van der Waals surface area contributed by atoms with Crippen molar-refractivity contribution in [3.8, 4) is 0 Å². The number of ether oxygens (including phenoxy) is 1. The lowest BCUT2D eigenvalue weighted by Gasteiger charge is -2.08. The van der Waals surface area contributed by atoms with Crippen LogP contribution in [0.3, 0.4) is 0 Å². The fraction of sp³-hybridized carbons (Fsp3) is 0.235. The van der Waals surface area contributed by atoms with E-state index >= 15 is 0 Å². The Morgan fingerprint density at radius 3 is 2.55 bits per heavy atom. The van der Waals surface area contributed by atoms with E-state index in [0.717, 1.165) is 15.6 Å². The summed E-state index contributed by atoms with van der Waals surface area (Å²) >= 11 is 9.44. The second-order valence-electron chi connectivity index (χ2n) is 4.78. The molecule has 0 spiro atoms. The third-order valence-corrected chi connectivity index (χ3v) is 4.06. The quantitative estimate of drug-likeness (QED) is 0.792. The zero-order valence-electron chi connectivity index (χ0n) is 12.0. The van der Waals surface area contributed by atoms with Gasteiger partial charge in [0.05, 0.1) is 6.61 Å². The van der Waals surface area contributed by atoms with Gasteiger partial charge in [-0.05, 0) is 35.7 Å². The molecule has 0 saturated heterocycles. The molecule has 2 aromatic rings. The number of alkyl carbamates (subject to hydrolysis) is 1. The highest BCUT2D eigenvalue weighted by Gasteiger charge is 2.03. The van der Waals surface area contributed by atoms with Gasteiger partial charge in [0, 0.05) is 22.5 Å². The standard InChI is InChI=1S/C17H17BrClNO2/c18-15-7-5-13(6-8-15)10-12-22-17(21)20-11-9-14-3-1-2-4-16(14)19/h1-8H,9-12H2,(H,20,21). The van der Waals surface area contributed by atoms with Crippen LogP contribution in [-0.2, 0) is 17.6 Å². The molecule has 2 rings (SSSR count). The van der Waals surface area contributed by atoms with Crippen molar-refractivity contribution >= 4 is 33.6 Å². The van der Waals surface area contributed by atoms with Gasteiger partial charge in [-0.25, -0.2) is 4.79 Å². The molecule has 0 aliphatic rings. The second-order valence-corrected chi connectivity index (χ2v) is 6.10. The van der Waals surface area contributed by atoms with Crippen molar-refractivity contribution in [3.63, 3.8) is 0 Å². The molecular formula is C17H17BrClNO2. The molecule has 2 aromatic carbocycles. The summed E-state index contributed by atoms with van der Waals surface area (Å²) < 4.78 is 6.19. The fourth-order valence-corrected chi connectivity index (χ4v) is 2.46. The highest BCUT2D eigenvalue weighted by molar-refractivity contribution is 9.10. The summed E-state index contributed by atoms with van der Waals surface area (Å²) in [6.45, 7) is 0.862. The summed E-state index contributed by atoms with van der Waals surface area (Å²) in [5.74, 6) is 0. The number of carbonyl (C=O) groups is 1. The summed E-state index contributed by atoms with van der Waals surface area (Å²) in [4.78, 5) is 11.6. The Bertz CT molecular complexity index is 616. The monoisotopic (exact) mass is 381 g/mol. The number of benzene rings is 2. The number of nitrogens with one attached hydrogen (secondary N) is 1. The largest absolute Gasteiger partial charge is 0.449 e. The lowest BCUT2D eigenvalue weighted by atomic mass is 10.1. The van der Waals surface area contributed by atoms with Gasteiger partial charge in [-0.2, -0.15) is 0 Å². The van der Waals surface area contributed by atoms with E-state index < -0.39 is 6.09 Å². The lowest BCUT2D eigenvalue weighted by Crippen LogP contribution is -2.27. The molecule has 0 heterocycles. The predicted molar refractivity (Wildman–Crippen MR) is 92.4 cm³/mol. The van der Waals surface area contributed by atoms with Crippen LogP contribution in [0.1, 0.15) is 11.1 Å². The fourth-order valence-electron chi connectivity index (χ4n) is 1.96. The van der Waals surface area contributed by atoms with Crippen molar-refractivity contribution in [3.05, 3.63) is 69.2 Å². The van der Waals surface area contributed by atoms with Crippen molar-refractivity contribution in [2.24, 2.45) is 0 Å². The number of hydrogen-bond donors (Lipinski definition) is 1. The molecule has 1 amide bonds. The van der Waals surface area contributed by atoms with Crippen LogP contribution in [0.25, 0.3) is 0 Å². The molecule has 116 valence electrons. The average molecular weight is 383 g/mol. The first-order valence-electron chi connectivity index (χ1n) is 7.03. The smallest absolute Gasteiger partial charge is 0.407 e. The molecule has 0 unspecified atom stereocenters. The number of halogens is 2. The van der Waals surface area contributed by atoms with E-state index in [1.54, 1.807) is 0 Å². The first-order valence-corrected chi connectivity index (χ1v) is 8.21. The maximum Gasteiger partial charge on any atom is 0.407 e. The molecule has 3 nitrogen and oxygen atoms in total. The third-order valence-electron chi connectivity index (χ3n) is 3.16. The Hall–Kier alpha value is -1.52. The van der Waals surface area contributed by atoms with E-state index in [9.17, 15) is 4.79 Å². The van der Waals surface area contributed by atoms with Crippen LogP contribution in [-0.4, -0.2) is 19.2 Å². The summed E-state index contributed by atoms with van der Waals surface area (Å²) in [5.41, 5.74) is 2.14. The van der Waals surface area contributed by atoms with Gasteiger partial charge in [-0.3, -0.25) is 0 Å². The molecule has 0 aromatic heterocycles. The maximum atomic E-state index is 11.6. The summed E-state index contributed by atoms with van der Waals surface area (Å²) in [6.07, 6.45) is 0.983. The Morgan fingerprint density at radius 2 is 1.82 bits per heavy atom. The predicted octanol–water partition coefficient (Wildman–Crippen LogP) is 4.61. The van der Waals surface area contributed by atoms with Crippen molar-refractivity contribution in [2.75, 3.05) is 13.2 Å². The number of rotatable bonds is 6. The highest BCUT2D eigenvalue weighted by Crippen LogP contribution is 2.14. The van der Waals surface area contributed by atoms with Crippen molar-refractivity contribution in [1.29, 1.82) is 0 Å². The van der Waals surface area contributed by atoms with Gasteiger partial charge in [-0.15, -0.1) is 0 Å². The zero-order chi connectivity index (χ0) is 15.8. The molecule has 0 bridgehead atoms. The van der Waals surface area contributed by atoms with Gasteiger partial charge in [0.2, 0.25) is 0 Å². The molecule has 1 N–H and O–H groups in total. The first-order chi connectivity index (χ1) is 10.6. The Labute approximate surface area is 143 Å². The Balaban J connectivity index is 1.64. The van der Waals surface area contributed by atoms with Crippen LogP contribution < -0.4 is 5.32 Å². The van der Waals surface area contributed by atoms with E-state index in [2.05, 4.69) is 21.2 Å². The average Bonchev–Trinajstić information content (AvgIpc) is 2.51. The molecule has 0 atom stereocenters.